The molecule has 0 radical (unpaired) electrons. The van der Waals surface area contributed by atoms with Crippen molar-refractivity contribution < 1.29 is 9.67 Å². The van der Waals surface area contributed by atoms with Crippen LogP contribution < -0.4 is 15.6 Å². The number of nitrogens with zero attached hydrogens (tertiary/aromatic N) is 4. The molecule has 0 saturated heterocycles. The fraction of sp³-hybridized carbons (Fsp3) is 0.538. The van der Waals surface area contributed by atoms with E-state index in [-0.39, 0.29) is 6.61 Å². The van der Waals surface area contributed by atoms with Crippen molar-refractivity contribution in [3.05, 3.63) is 24.4 Å². The SMILES string of the molecule is Cc1nn(C)c(NCCCn2cc[n+](CCO)c2)c1N. The summed E-state index contributed by atoms with van der Waals surface area (Å²) in [5.41, 5.74) is 7.52. The molecule has 4 N–H and O–H groups in total. The highest BCUT2D eigenvalue weighted by Crippen LogP contribution is 2.20. The molecule has 0 spiro atoms. The van der Waals surface area contributed by atoms with Gasteiger partial charge < -0.3 is 16.2 Å². The molecule has 7 heteroatoms. The Labute approximate surface area is 118 Å². The summed E-state index contributed by atoms with van der Waals surface area (Å²) in [5, 5.41) is 16.5. The molecule has 110 valence electrons. The van der Waals surface area contributed by atoms with Gasteiger partial charge in [0.05, 0.1) is 24.5 Å². The molecule has 0 amide bonds. The number of hydrogen-bond donors (Lipinski definition) is 3. The molecule has 0 bridgehead atoms. The molecule has 0 aliphatic rings. The van der Waals surface area contributed by atoms with Gasteiger partial charge in [-0.15, -0.1) is 0 Å². The number of aromatic nitrogens is 4. The molecule has 2 rings (SSSR count). The Bertz CT molecular complexity index is 559. The maximum absolute atomic E-state index is 8.86. The van der Waals surface area contributed by atoms with Gasteiger partial charge in [-0.1, -0.05) is 0 Å². The first-order valence-electron chi connectivity index (χ1n) is 6.80. The van der Waals surface area contributed by atoms with Gasteiger partial charge in [0.25, 0.3) is 0 Å². The summed E-state index contributed by atoms with van der Waals surface area (Å²) < 4.78 is 5.85. The Kier molecular flexibility index (Phi) is 4.62. The van der Waals surface area contributed by atoms with Crippen LogP contribution in [0.1, 0.15) is 12.1 Å². The number of nitrogen functional groups attached to an aromatic ring is 1. The zero-order chi connectivity index (χ0) is 14.5. The summed E-state index contributed by atoms with van der Waals surface area (Å²) >= 11 is 0. The van der Waals surface area contributed by atoms with Gasteiger partial charge in [0, 0.05) is 20.0 Å². The third-order valence-electron chi connectivity index (χ3n) is 3.26. The predicted octanol–water partition coefficient (Wildman–Crippen LogP) is -0.106. The highest BCUT2D eigenvalue weighted by Gasteiger charge is 2.09. The Morgan fingerprint density at radius 1 is 1.50 bits per heavy atom. The maximum Gasteiger partial charge on any atom is 0.243 e. The quantitative estimate of drug-likeness (QED) is 0.488. The van der Waals surface area contributed by atoms with Gasteiger partial charge in [-0.05, 0) is 6.92 Å². The molecule has 0 aliphatic heterocycles. The van der Waals surface area contributed by atoms with Crippen molar-refractivity contribution in [3.63, 3.8) is 0 Å². The van der Waals surface area contributed by atoms with Gasteiger partial charge in [0.2, 0.25) is 6.33 Å². The number of aliphatic hydroxyl groups is 1. The number of nitrogens with two attached hydrogens (primary N) is 1. The van der Waals surface area contributed by atoms with Crippen molar-refractivity contribution >= 4 is 11.5 Å². The fourth-order valence-corrected chi connectivity index (χ4v) is 2.17. The van der Waals surface area contributed by atoms with Crippen molar-refractivity contribution in [2.24, 2.45) is 7.05 Å². The van der Waals surface area contributed by atoms with E-state index in [1.807, 2.05) is 37.3 Å². The van der Waals surface area contributed by atoms with E-state index in [4.69, 9.17) is 10.8 Å². The minimum absolute atomic E-state index is 0.162. The zero-order valence-electron chi connectivity index (χ0n) is 12.1. The average molecular weight is 279 g/mol. The maximum atomic E-state index is 8.86. The van der Waals surface area contributed by atoms with Crippen molar-refractivity contribution in [2.75, 3.05) is 24.2 Å². The lowest BCUT2D eigenvalue weighted by atomic mass is 10.3. The van der Waals surface area contributed by atoms with Crippen LogP contribution in [-0.4, -0.2) is 32.6 Å². The van der Waals surface area contributed by atoms with E-state index in [9.17, 15) is 0 Å². The second-order valence-electron chi connectivity index (χ2n) is 4.86. The Hall–Kier alpha value is -2.02. The number of aliphatic hydroxyl groups excluding tert-OH is 1. The minimum Gasteiger partial charge on any atom is -0.394 e. The van der Waals surface area contributed by atoms with Crippen LogP contribution in [0.5, 0.6) is 0 Å². The van der Waals surface area contributed by atoms with Gasteiger partial charge in [0.1, 0.15) is 24.8 Å². The molecular weight excluding hydrogens is 256 g/mol. The smallest absolute Gasteiger partial charge is 0.243 e. The highest BCUT2D eigenvalue weighted by atomic mass is 16.3. The lowest BCUT2D eigenvalue weighted by Crippen LogP contribution is -2.32. The number of anilines is 2. The van der Waals surface area contributed by atoms with E-state index in [0.29, 0.717) is 12.2 Å². The standard InChI is InChI=1S/C13H23N6O/c1-11-12(14)13(17(2)16-11)15-4-3-5-18-6-7-19(10-18)8-9-20/h6-7,10,15,20H,3-5,8-9,14H2,1-2H3/q+1. The summed E-state index contributed by atoms with van der Waals surface area (Å²) in [6.45, 7) is 4.45. The third-order valence-corrected chi connectivity index (χ3v) is 3.26. The molecular formula is C13H23N6O+. The van der Waals surface area contributed by atoms with Crippen LogP contribution >= 0.6 is 0 Å². The van der Waals surface area contributed by atoms with E-state index in [0.717, 1.165) is 31.0 Å². The molecule has 0 unspecified atom stereocenters. The number of aryl methyl sites for hydroxylation is 3. The monoisotopic (exact) mass is 279 g/mol. The molecule has 2 aromatic rings. The molecule has 0 atom stereocenters. The molecule has 0 aromatic carbocycles. The van der Waals surface area contributed by atoms with E-state index >= 15 is 0 Å². The topological polar surface area (TPSA) is 84.9 Å². The lowest BCUT2D eigenvalue weighted by molar-refractivity contribution is -0.697. The first-order valence-corrected chi connectivity index (χ1v) is 6.80. The Balaban J connectivity index is 1.78. The van der Waals surface area contributed by atoms with Crippen molar-refractivity contribution in [3.8, 4) is 0 Å². The van der Waals surface area contributed by atoms with E-state index in [1.54, 1.807) is 4.68 Å². The molecule has 20 heavy (non-hydrogen) atoms. The lowest BCUT2D eigenvalue weighted by Gasteiger charge is -2.06. The number of nitrogens with one attached hydrogen (secondary N) is 1. The van der Waals surface area contributed by atoms with E-state index < -0.39 is 0 Å². The summed E-state index contributed by atoms with van der Waals surface area (Å²) in [7, 11) is 1.88. The third kappa shape index (κ3) is 3.30. The van der Waals surface area contributed by atoms with Gasteiger partial charge in [-0.25, -0.2) is 9.13 Å². The number of hydrogen-bond acceptors (Lipinski definition) is 4. The van der Waals surface area contributed by atoms with Gasteiger partial charge in [-0.2, -0.15) is 5.10 Å². The second-order valence-corrected chi connectivity index (χ2v) is 4.86. The van der Waals surface area contributed by atoms with Gasteiger partial charge in [0.15, 0.2) is 0 Å². The molecule has 2 heterocycles. The van der Waals surface area contributed by atoms with E-state index in [1.165, 1.54) is 0 Å². The van der Waals surface area contributed by atoms with Gasteiger partial charge >= 0.3 is 0 Å². The summed E-state index contributed by atoms with van der Waals surface area (Å²) in [5.74, 6) is 0.880. The molecule has 0 aliphatic carbocycles. The predicted molar refractivity (Wildman–Crippen MR) is 77.2 cm³/mol. The normalized spacial score (nSPS) is 10.9. The van der Waals surface area contributed by atoms with E-state index in [2.05, 4.69) is 15.0 Å². The first-order chi connectivity index (χ1) is 9.61. The fourth-order valence-electron chi connectivity index (χ4n) is 2.17. The Morgan fingerprint density at radius 2 is 2.30 bits per heavy atom. The van der Waals surface area contributed by atoms with Crippen LogP contribution in [0.2, 0.25) is 0 Å². The van der Waals surface area contributed by atoms with Crippen molar-refractivity contribution in [1.82, 2.24) is 14.3 Å². The van der Waals surface area contributed by atoms with Crippen LogP contribution in [0, 0.1) is 6.92 Å². The number of imidazole rings is 1. The molecule has 0 saturated carbocycles. The molecule has 2 aromatic heterocycles. The minimum atomic E-state index is 0.162. The summed E-state index contributed by atoms with van der Waals surface area (Å²) in [4.78, 5) is 0. The summed E-state index contributed by atoms with van der Waals surface area (Å²) in [6.07, 6.45) is 6.96. The van der Waals surface area contributed by atoms with Crippen molar-refractivity contribution in [2.45, 2.75) is 26.4 Å². The Morgan fingerprint density at radius 3 is 2.95 bits per heavy atom. The van der Waals surface area contributed by atoms with Crippen LogP contribution in [0.15, 0.2) is 18.7 Å². The van der Waals surface area contributed by atoms with Gasteiger partial charge in [-0.3, -0.25) is 4.68 Å². The highest BCUT2D eigenvalue weighted by molar-refractivity contribution is 5.64. The number of rotatable bonds is 7. The van der Waals surface area contributed by atoms with Crippen LogP contribution in [0.4, 0.5) is 11.5 Å². The van der Waals surface area contributed by atoms with Crippen molar-refractivity contribution in [1.29, 1.82) is 0 Å². The average Bonchev–Trinajstić information content (AvgIpc) is 2.94. The van der Waals surface area contributed by atoms with Crippen LogP contribution in [0.3, 0.4) is 0 Å². The molecule has 7 nitrogen and oxygen atoms in total. The zero-order valence-corrected chi connectivity index (χ0v) is 12.1. The second kappa shape index (κ2) is 6.42. The molecule has 0 fully saturated rings. The largest absolute Gasteiger partial charge is 0.394 e. The van der Waals surface area contributed by atoms with Crippen LogP contribution in [0.25, 0.3) is 0 Å². The summed E-state index contributed by atoms with van der Waals surface area (Å²) in [6, 6.07) is 0. The van der Waals surface area contributed by atoms with Crippen LogP contribution in [-0.2, 0) is 20.1 Å². The first kappa shape index (κ1) is 14.4.